The molecule has 1 aromatic heterocycles. The Morgan fingerprint density at radius 2 is 1.89 bits per heavy atom. The lowest BCUT2D eigenvalue weighted by atomic mass is 10.1. The third-order valence-corrected chi connectivity index (χ3v) is 4.07. The molecule has 3 heteroatoms. The normalized spacial score (nSPS) is 11.0. The zero-order chi connectivity index (χ0) is 13.1. The van der Waals surface area contributed by atoms with E-state index >= 15 is 0 Å². The molecule has 3 aromatic rings. The molecule has 0 aliphatic carbocycles. The molecule has 0 aliphatic heterocycles. The topological polar surface area (TPSA) is 38.9 Å². The minimum Gasteiger partial charge on any atom is -0.330 e. The maximum atomic E-state index is 5.55. The van der Waals surface area contributed by atoms with E-state index in [0.29, 0.717) is 6.54 Å². The highest BCUT2D eigenvalue weighted by Gasteiger charge is 2.03. The summed E-state index contributed by atoms with van der Waals surface area (Å²) in [4.78, 5) is 4.61. The zero-order valence-electron chi connectivity index (χ0n) is 10.7. The average molecular weight is 268 g/mol. The molecule has 2 aromatic carbocycles. The molecule has 19 heavy (non-hydrogen) atoms. The highest BCUT2D eigenvalue weighted by Crippen LogP contribution is 2.19. The number of thiazole rings is 1. The van der Waals surface area contributed by atoms with Crippen LogP contribution in [0.5, 0.6) is 0 Å². The van der Waals surface area contributed by atoms with Gasteiger partial charge >= 0.3 is 0 Å². The average Bonchev–Trinajstić information content (AvgIpc) is 2.86. The third-order valence-electron chi connectivity index (χ3n) is 3.17. The predicted octanol–water partition coefficient (Wildman–Crippen LogP) is 3.39. The molecular weight excluding hydrogens is 252 g/mol. The fourth-order valence-corrected chi connectivity index (χ4v) is 3.08. The quantitative estimate of drug-likeness (QED) is 0.787. The van der Waals surface area contributed by atoms with Gasteiger partial charge in [-0.25, -0.2) is 4.98 Å². The van der Waals surface area contributed by atoms with E-state index in [2.05, 4.69) is 52.8 Å². The lowest BCUT2D eigenvalue weighted by molar-refractivity contribution is 0.922. The SMILES string of the molecule is NCCc1csc(Cc2ccc3ccccc3c2)n1. The minimum absolute atomic E-state index is 0.666. The van der Waals surface area contributed by atoms with Gasteiger partial charge in [-0.3, -0.25) is 0 Å². The van der Waals surface area contributed by atoms with E-state index < -0.39 is 0 Å². The number of hydrogen-bond acceptors (Lipinski definition) is 3. The van der Waals surface area contributed by atoms with Crippen molar-refractivity contribution in [3.05, 3.63) is 64.1 Å². The van der Waals surface area contributed by atoms with Crippen LogP contribution in [0.4, 0.5) is 0 Å². The summed E-state index contributed by atoms with van der Waals surface area (Å²) in [5.41, 5.74) is 7.98. The van der Waals surface area contributed by atoms with Crippen molar-refractivity contribution in [1.82, 2.24) is 4.98 Å². The number of fused-ring (bicyclic) bond motifs is 1. The van der Waals surface area contributed by atoms with E-state index in [1.165, 1.54) is 21.3 Å². The van der Waals surface area contributed by atoms with Gasteiger partial charge in [0.05, 0.1) is 10.7 Å². The standard InChI is InChI=1S/C16H16N2S/c17-8-7-15-11-19-16(18-15)10-12-5-6-13-3-1-2-4-14(13)9-12/h1-6,9,11H,7-8,10,17H2. The van der Waals surface area contributed by atoms with Crippen molar-refractivity contribution in [2.45, 2.75) is 12.8 Å². The van der Waals surface area contributed by atoms with Crippen molar-refractivity contribution in [1.29, 1.82) is 0 Å². The van der Waals surface area contributed by atoms with Crippen LogP contribution in [0.2, 0.25) is 0 Å². The van der Waals surface area contributed by atoms with Crippen LogP contribution in [0.1, 0.15) is 16.3 Å². The highest BCUT2D eigenvalue weighted by molar-refractivity contribution is 7.09. The fourth-order valence-electron chi connectivity index (χ4n) is 2.22. The van der Waals surface area contributed by atoms with Crippen molar-refractivity contribution in [2.75, 3.05) is 6.54 Å². The van der Waals surface area contributed by atoms with Crippen LogP contribution in [0.15, 0.2) is 47.8 Å². The summed E-state index contributed by atoms with van der Waals surface area (Å²) >= 11 is 1.72. The van der Waals surface area contributed by atoms with Gasteiger partial charge < -0.3 is 5.73 Å². The summed E-state index contributed by atoms with van der Waals surface area (Å²) < 4.78 is 0. The van der Waals surface area contributed by atoms with E-state index in [1.54, 1.807) is 11.3 Å². The molecule has 0 spiro atoms. The summed E-state index contributed by atoms with van der Waals surface area (Å²) in [5.74, 6) is 0. The van der Waals surface area contributed by atoms with Crippen LogP contribution in [-0.2, 0) is 12.8 Å². The van der Waals surface area contributed by atoms with Crippen LogP contribution in [0, 0.1) is 0 Å². The second kappa shape index (κ2) is 5.51. The third kappa shape index (κ3) is 2.83. The van der Waals surface area contributed by atoms with Crippen molar-refractivity contribution in [2.24, 2.45) is 5.73 Å². The largest absolute Gasteiger partial charge is 0.330 e. The summed E-state index contributed by atoms with van der Waals surface area (Å²) in [6, 6.07) is 15.1. The van der Waals surface area contributed by atoms with Gasteiger partial charge in [0, 0.05) is 18.2 Å². The van der Waals surface area contributed by atoms with Gasteiger partial charge in [0.1, 0.15) is 0 Å². The number of hydrogen-bond donors (Lipinski definition) is 1. The van der Waals surface area contributed by atoms with E-state index in [-0.39, 0.29) is 0 Å². The summed E-state index contributed by atoms with van der Waals surface area (Å²) in [7, 11) is 0. The first-order chi connectivity index (χ1) is 9.35. The van der Waals surface area contributed by atoms with Crippen LogP contribution in [0.3, 0.4) is 0 Å². The van der Waals surface area contributed by atoms with Gasteiger partial charge in [-0.05, 0) is 22.9 Å². The Kier molecular flexibility index (Phi) is 3.58. The van der Waals surface area contributed by atoms with Gasteiger partial charge in [0.15, 0.2) is 0 Å². The van der Waals surface area contributed by atoms with E-state index in [0.717, 1.165) is 18.5 Å². The lowest BCUT2D eigenvalue weighted by Crippen LogP contribution is -2.02. The second-order valence-corrected chi connectivity index (χ2v) is 5.57. The van der Waals surface area contributed by atoms with Gasteiger partial charge in [-0.15, -0.1) is 11.3 Å². The molecule has 0 bridgehead atoms. The minimum atomic E-state index is 0.666. The molecule has 3 rings (SSSR count). The second-order valence-electron chi connectivity index (χ2n) is 4.63. The Morgan fingerprint density at radius 1 is 1.05 bits per heavy atom. The van der Waals surface area contributed by atoms with Crippen LogP contribution in [0.25, 0.3) is 10.8 Å². The summed E-state index contributed by atoms with van der Waals surface area (Å²) in [5, 5.41) is 5.86. The smallest absolute Gasteiger partial charge is 0.0972 e. The number of benzene rings is 2. The molecule has 0 atom stereocenters. The van der Waals surface area contributed by atoms with Crippen molar-refractivity contribution < 1.29 is 0 Å². The van der Waals surface area contributed by atoms with E-state index in [1.807, 2.05) is 0 Å². The van der Waals surface area contributed by atoms with Crippen LogP contribution in [-0.4, -0.2) is 11.5 Å². The van der Waals surface area contributed by atoms with Crippen LogP contribution < -0.4 is 5.73 Å². The molecule has 0 saturated heterocycles. The first kappa shape index (κ1) is 12.3. The number of rotatable bonds is 4. The Labute approximate surface area is 116 Å². The van der Waals surface area contributed by atoms with Crippen molar-refractivity contribution in [3.63, 3.8) is 0 Å². The zero-order valence-corrected chi connectivity index (χ0v) is 11.5. The Hall–Kier alpha value is -1.71. The molecule has 0 fully saturated rings. The fraction of sp³-hybridized carbons (Fsp3) is 0.188. The predicted molar refractivity (Wildman–Crippen MR) is 81.6 cm³/mol. The maximum absolute atomic E-state index is 5.55. The molecule has 0 unspecified atom stereocenters. The van der Waals surface area contributed by atoms with Crippen molar-refractivity contribution >= 4 is 22.1 Å². The monoisotopic (exact) mass is 268 g/mol. The molecular formula is C16H16N2S. The molecule has 0 radical (unpaired) electrons. The van der Waals surface area contributed by atoms with Gasteiger partial charge in [0.25, 0.3) is 0 Å². The molecule has 2 N–H and O–H groups in total. The Balaban J connectivity index is 1.83. The molecule has 0 saturated carbocycles. The molecule has 96 valence electrons. The molecule has 1 heterocycles. The molecule has 0 aliphatic rings. The van der Waals surface area contributed by atoms with Crippen molar-refractivity contribution in [3.8, 4) is 0 Å². The Morgan fingerprint density at radius 3 is 2.74 bits per heavy atom. The van der Waals surface area contributed by atoms with E-state index in [4.69, 9.17) is 5.73 Å². The van der Waals surface area contributed by atoms with Gasteiger partial charge in [-0.2, -0.15) is 0 Å². The van der Waals surface area contributed by atoms with Gasteiger partial charge in [0.2, 0.25) is 0 Å². The number of nitrogens with two attached hydrogens (primary N) is 1. The first-order valence-electron chi connectivity index (χ1n) is 6.46. The lowest BCUT2D eigenvalue weighted by Gasteiger charge is -2.01. The Bertz CT molecular complexity index is 688. The summed E-state index contributed by atoms with van der Waals surface area (Å²) in [6.45, 7) is 0.666. The number of aromatic nitrogens is 1. The molecule has 2 nitrogen and oxygen atoms in total. The van der Waals surface area contributed by atoms with Crippen LogP contribution >= 0.6 is 11.3 Å². The maximum Gasteiger partial charge on any atom is 0.0972 e. The first-order valence-corrected chi connectivity index (χ1v) is 7.34. The molecule has 0 amide bonds. The number of nitrogens with zero attached hydrogens (tertiary/aromatic N) is 1. The van der Waals surface area contributed by atoms with E-state index in [9.17, 15) is 0 Å². The van der Waals surface area contributed by atoms with Gasteiger partial charge in [-0.1, -0.05) is 42.5 Å². The summed E-state index contributed by atoms with van der Waals surface area (Å²) in [6.07, 6.45) is 1.77. The highest BCUT2D eigenvalue weighted by atomic mass is 32.1.